The first kappa shape index (κ1) is 13.6. The molecule has 4 nitrogen and oxygen atoms in total. The third-order valence-electron chi connectivity index (χ3n) is 1.64. The van der Waals surface area contributed by atoms with Crippen LogP contribution in [0.1, 0.15) is 12.0 Å². The number of carbonyl (C=O) groups excluding carboxylic acids is 1. The average Bonchev–Trinajstić information content (AvgIpc) is 2.28. The molecule has 4 N–H and O–H groups in total. The number of nitrogens with one attached hydrogen (secondary N) is 2. The van der Waals surface area contributed by atoms with Crippen molar-refractivity contribution in [2.75, 3.05) is 14.1 Å². The summed E-state index contributed by atoms with van der Waals surface area (Å²) in [6, 6.07) is 9.84. The summed E-state index contributed by atoms with van der Waals surface area (Å²) in [6.07, 6.45) is 1.18. The fourth-order valence-electron chi connectivity index (χ4n) is 0.975. The van der Waals surface area contributed by atoms with Crippen molar-refractivity contribution in [1.29, 1.82) is 0 Å². The number of benzene rings is 1. The molecule has 0 aliphatic rings. The maximum Gasteiger partial charge on any atom is 0.234 e. The smallest absolute Gasteiger partial charge is 0.234 e. The Morgan fingerprint density at radius 1 is 1.27 bits per heavy atom. The molecule has 0 aliphatic heterocycles. The molecule has 4 heteroatoms. The Labute approximate surface area is 90.8 Å². The van der Waals surface area contributed by atoms with Crippen molar-refractivity contribution in [1.82, 2.24) is 10.7 Å². The van der Waals surface area contributed by atoms with E-state index >= 15 is 0 Å². The Bertz CT molecular complexity index is 262. The SMILES string of the molecule is CNC.NNC(=O)CCc1ccccc1. The first-order chi connectivity index (χ1) is 7.24. The molecule has 0 radical (unpaired) electrons. The quantitative estimate of drug-likeness (QED) is 0.384. The second-order valence-electron chi connectivity index (χ2n) is 3.05. The van der Waals surface area contributed by atoms with E-state index in [-0.39, 0.29) is 5.91 Å². The van der Waals surface area contributed by atoms with Crippen LogP contribution in [0.25, 0.3) is 0 Å². The number of carbonyl (C=O) groups is 1. The van der Waals surface area contributed by atoms with Crippen LogP contribution in [0.15, 0.2) is 30.3 Å². The highest BCUT2D eigenvalue weighted by Crippen LogP contribution is 2.01. The number of hydrogen-bond acceptors (Lipinski definition) is 3. The zero-order valence-electron chi connectivity index (χ0n) is 9.29. The summed E-state index contributed by atoms with van der Waals surface area (Å²) in [7, 11) is 3.75. The summed E-state index contributed by atoms with van der Waals surface area (Å²) < 4.78 is 0. The standard InChI is InChI=1S/C9H12N2O.C2H7N/c10-11-9(12)7-6-8-4-2-1-3-5-8;1-3-2/h1-5H,6-7,10H2,(H,11,12);3H,1-2H3. The molecule has 1 aromatic carbocycles. The van der Waals surface area contributed by atoms with E-state index in [1.165, 1.54) is 0 Å². The van der Waals surface area contributed by atoms with Gasteiger partial charge in [-0.05, 0) is 26.1 Å². The van der Waals surface area contributed by atoms with E-state index in [4.69, 9.17) is 5.84 Å². The van der Waals surface area contributed by atoms with E-state index in [1.54, 1.807) is 0 Å². The number of amides is 1. The van der Waals surface area contributed by atoms with Gasteiger partial charge in [0.1, 0.15) is 0 Å². The van der Waals surface area contributed by atoms with Gasteiger partial charge in [-0.2, -0.15) is 0 Å². The van der Waals surface area contributed by atoms with Gasteiger partial charge in [-0.25, -0.2) is 5.84 Å². The molecule has 1 aromatic rings. The van der Waals surface area contributed by atoms with Gasteiger partial charge in [0.25, 0.3) is 0 Å². The summed E-state index contributed by atoms with van der Waals surface area (Å²) in [5, 5.41) is 2.75. The molecule has 1 amide bonds. The molecular formula is C11H19N3O. The van der Waals surface area contributed by atoms with Crippen molar-refractivity contribution in [3.05, 3.63) is 35.9 Å². The maximum atomic E-state index is 10.7. The van der Waals surface area contributed by atoms with Gasteiger partial charge in [0, 0.05) is 6.42 Å². The average molecular weight is 209 g/mol. The first-order valence-corrected chi connectivity index (χ1v) is 4.86. The molecule has 0 spiro atoms. The molecular weight excluding hydrogens is 190 g/mol. The van der Waals surface area contributed by atoms with E-state index in [2.05, 4.69) is 10.7 Å². The highest BCUT2D eigenvalue weighted by molar-refractivity contribution is 5.75. The topological polar surface area (TPSA) is 67.2 Å². The normalized spacial score (nSPS) is 8.73. The fourth-order valence-corrected chi connectivity index (χ4v) is 0.975. The summed E-state index contributed by atoms with van der Waals surface area (Å²) in [6.45, 7) is 0. The molecule has 0 saturated carbocycles. The lowest BCUT2D eigenvalue weighted by atomic mass is 10.1. The lowest BCUT2D eigenvalue weighted by Crippen LogP contribution is -2.30. The molecule has 0 saturated heterocycles. The lowest BCUT2D eigenvalue weighted by molar-refractivity contribution is -0.121. The number of aryl methyl sites for hydroxylation is 1. The Morgan fingerprint density at radius 2 is 1.80 bits per heavy atom. The van der Waals surface area contributed by atoms with Gasteiger partial charge in [0.15, 0.2) is 0 Å². The van der Waals surface area contributed by atoms with Crippen molar-refractivity contribution >= 4 is 5.91 Å². The summed E-state index contributed by atoms with van der Waals surface area (Å²) in [5.41, 5.74) is 3.25. The monoisotopic (exact) mass is 209 g/mol. The van der Waals surface area contributed by atoms with Crippen molar-refractivity contribution < 1.29 is 4.79 Å². The van der Waals surface area contributed by atoms with E-state index < -0.39 is 0 Å². The third kappa shape index (κ3) is 7.66. The summed E-state index contributed by atoms with van der Waals surface area (Å²) in [4.78, 5) is 10.7. The van der Waals surface area contributed by atoms with Crippen LogP contribution in [0.3, 0.4) is 0 Å². The molecule has 15 heavy (non-hydrogen) atoms. The molecule has 84 valence electrons. The minimum absolute atomic E-state index is 0.126. The van der Waals surface area contributed by atoms with Gasteiger partial charge < -0.3 is 5.32 Å². The van der Waals surface area contributed by atoms with Crippen LogP contribution in [0.4, 0.5) is 0 Å². The van der Waals surface area contributed by atoms with Crippen LogP contribution in [0, 0.1) is 0 Å². The van der Waals surface area contributed by atoms with Crippen LogP contribution in [0.5, 0.6) is 0 Å². The second kappa shape index (κ2) is 9.18. The zero-order chi connectivity index (χ0) is 11.5. The molecule has 0 unspecified atom stereocenters. The molecule has 0 heterocycles. The molecule has 0 bridgehead atoms. The molecule has 1 rings (SSSR count). The van der Waals surface area contributed by atoms with Gasteiger partial charge in [-0.3, -0.25) is 10.2 Å². The van der Waals surface area contributed by atoms with E-state index in [1.807, 2.05) is 44.4 Å². The van der Waals surface area contributed by atoms with Crippen LogP contribution < -0.4 is 16.6 Å². The molecule has 0 fully saturated rings. The van der Waals surface area contributed by atoms with Gasteiger partial charge >= 0.3 is 0 Å². The molecule has 0 aliphatic carbocycles. The fraction of sp³-hybridized carbons (Fsp3) is 0.364. The van der Waals surface area contributed by atoms with E-state index in [9.17, 15) is 4.79 Å². The predicted molar refractivity (Wildman–Crippen MR) is 62.1 cm³/mol. The Kier molecular flexibility index (Phi) is 8.33. The highest BCUT2D eigenvalue weighted by atomic mass is 16.2. The van der Waals surface area contributed by atoms with Crippen LogP contribution >= 0.6 is 0 Å². The van der Waals surface area contributed by atoms with Gasteiger partial charge in [0.2, 0.25) is 5.91 Å². The first-order valence-electron chi connectivity index (χ1n) is 4.86. The van der Waals surface area contributed by atoms with Crippen LogP contribution in [0.2, 0.25) is 0 Å². The lowest BCUT2D eigenvalue weighted by Gasteiger charge is -1.99. The highest BCUT2D eigenvalue weighted by Gasteiger charge is 1.97. The predicted octanol–water partition coefficient (Wildman–Crippen LogP) is 0.445. The van der Waals surface area contributed by atoms with E-state index in [0.29, 0.717) is 6.42 Å². The van der Waals surface area contributed by atoms with Crippen molar-refractivity contribution in [3.63, 3.8) is 0 Å². The molecule has 0 atom stereocenters. The minimum Gasteiger partial charge on any atom is -0.323 e. The number of hydrogen-bond donors (Lipinski definition) is 3. The summed E-state index contributed by atoms with van der Waals surface area (Å²) >= 11 is 0. The Morgan fingerprint density at radius 3 is 2.27 bits per heavy atom. The number of nitrogens with two attached hydrogens (primary N) is 1. The Hall–Kier alpha value is -1.39. The van der Waals surface area contributed by atoms with Crippen LogP contribution in [-0.2, 0) is 11.2 Å². The van der Waals surface area contributed by atoms with Crippen molar-refractivity contribution in [2.45, 2.75) is 12.8 Å². The Balaban J connectivity index is 0.000000583. The zero-order valence-corrected chi connectivity index (χ0v) is 9.29. The maximum absolute atomic E-state index is 10.7. The van der Waals surface area contributed by atoms with E-state index in [0.717, 1.165) is 12.0 Å². The van der Waals surface area contributed by atoms with Crippen LogP contribution in [-0.4, -0.2) is 20.0 Å². The molecule has 0 aromatic heterocycles. The number of rotatable bonds is 3. The summed E-state index contributed by atoms with van der Waals surface area (Å²) in [5.74, 6) is 4.81. The van der Waals surface area contributed by atoms with Gasteiger partial charge in [-0.1, -0.05) is 30.3 Å². The largest absolute Gasteiger partial charge is 0.323 e. The van der Waals surface area contributed by atoms with Gasteiger partial charge in [-0.15, -0.1) is 0 Å². The second-order valence-corrected chi connectivity index (χ2v) is 3.05. The van der Waals surface area contributed by atoms with Gasteiger partial charge in [0.05, 0.1) is 0 Å². The number of hydrazine groups is 1. The van der Waals surface area contributed by atoms with Crippen molar-refractivity contribution in [2.24, 2.45) is 5.84 Å². The van der Waals surface area contributed by atoms with Crippen molar-refractivity contribution in [3.8, 4) is 0 Å². The third-order valence-corrected chi connectivity index (χ3v) is 1.64. The minimum atomic E-state index is -0.126.